The summed E-state index contributed by atoms with van der Waals surface area (Å²) < 4.78 is 25.5. The third-order valence-corrected chi connectivity index (χ3v) is 1.86. The molecular weight excluding hydrogens is 214 g/mol. The van der Waals surface area contributed by atoms with Crippen molar-refractivity contribution in [2.75, 3.05) is 0 Å². The van der Waals surface area contributed by atoms with E-state index in [0.29, 0.717) is 11.4 Å². The van der Waals surface area contributed by atoms with Crippen LogP contribution in [0.15, 0.2) is 17.3 Å². The highest BCUT2D eigenvalue weighted by molar-refractivity contribution is 5.70. The van der Waals surface area contributed by atoms with Crippen LogP contribution in [0.4, 0.5) is 8.78 Å². The molecule has 1 aromatic heterocycles. The maximum Gasteiger partial charge on any atom is 0.238 e. The second-order valence-electron chi connectivity index (χ2n) is 3.22. The molecule has 0 aliphatic carbocycles. The van der Waals surface area contributed by atoms with Gasteiger partial charge < -0.3 is 0 Å². The number of halogens is 2. The first-order chi connectivity index (χ1) is 7.63. The van der Waals surface area contributed by atoms with Crippen LogP contribution in [0.25, 0.3) is 5.70 Å². The Kier molecular flexibility index (Phi) is 4.75. The van der Waals surface area contributed by atoms with E-state index >= 15 is 0 Å². The number of hydrogen-bond donors (Lipinski definition) is 0. The third-order valence-electron chi connectivity index (χ3n) is 1.86. The molecule has 0 fully saturated rings. The predicted molar refractivity (Wildman–Crippen MR) is 58.4 cm³/mol. The van der Waals surface area contributed by atoms with Crippen molar-refractivity contribution in [2.24, 2.45) is 12.0 Å². The topological polar surface area (TPSA) is 43.1 Å². The van der Waals surface area contributed by atoms with Gasteiger partial charge in [0.15, 0.2) is 0 Å². The van der Waals surface area contributed by atoms with E-state index in [1.165, 1.54) is 0 Å². The van der Waals surface area contributed by atoms with Gasteiger partial charge in [0.05, 0.1) is 11.9 Å². The molecule has 16 heavy (non-hydrogen) atoms. The number of rotatable bonds is 5. The lowest BCUT2D eigenvalue weighted by molar-refractivity contribution is 0.139. The van der Waals surface area contributed by atoms with Gasteiger partial charge in [-0.05, 0) is 13.3 Å². The van der Waals surface area contributed by atoms with E-state index in [4.69, 9.17) is 0 Å². The Bertz CT molecular complexity index is 382. The molecule has 0 aromatic carbocycles. The molecule has 6 heteroatoms. The number of nitrogens with zero attached hydrogens (tertiary/aromatic N) is 4. The average molecular weight is 228 g/mol. The van der Waals surface area contributed by atoms with Gasteiger partial charge >= 0.3 is 0 Å². The summed E-state index contributed by atoms with van der Waals surface area (Å²) in [6, 6.07) is 0. The first-order valence-electron chi connectivity index (χ1n) is 4.97. The summed E-state index contributed by atoms with van der Waals surface area (Å²) in [5, 5.41) is 7.64. The zero-order chi connectivity index (χ0) is 12.0. The SMILES string of the molecule is C/C=N\C(=C/CCC(F)F)c1cn(C)nn1. The lowest BCUT2D eigenvalue weighted by atomic mass is 10.2. The molecule has 0 bridgehead atoms. The summed E-state index contributed by atoms with van der Waals surface area (Å²) in [4.78, 5) is 4.08. The molecule has 0 N–H and O–H groups in total. The summed E-state index contributed by atoms with van der Waals surface area (Å²) >= 11 is 0. The minimum absolute atomic E-state index is 0.164. The second kappa shape index (κ2) is 6.09. The zero-order valence-corrected chi connectivity index (χ0v) is 9.27. The van der Waals surface area contributed by atoms with E-state index < -0.39 is 6.43 Å². The Hall–Kier alpha value is -1.59. The highest BCUT2D eigenvalue weighted by atomic mass is 19.3. The van der Waals surface area contributed by atoms with Crippen LogP contribution in [-0.4, -0.2) is 27.6 Å². The summed E-state index contributed by atoms with van der Waals surface area (Å²) in [6.07, 6.45) is 2.77. The van der Waals surface area contributed by atoms with Crippen LogP contribution in [0.5, 0.6) is 0 Å². The zero-order valence-electron chi connectivity index (χ0n) is 9.27. The molecule has 88 valence electrons. The van der Waals surface area contributed by atoms with Gasteiger partial charge in [-0.15, -0.1) is 5.10 Å². The van der Waals surface area contributed by atoms with E-state index in [0.717, 1.165) is 0 Å². The summed E-state index contributed by atoms with van der Waals surface area (Å²) in [6.45, 7) is 1.76. The Morgan fingerprint density at radius 2 is 2.38 bits per heavy atom. The van der Waals surface area contributed by atoms with Crippen molar-refractivity contribution >= 4 is 11.9 Å². The number of aromatic nitrogens is 3. The second-order valence-corrected chi connectivity index (χ2v) is 3.22. The number of alkyl halides is 2. The van der Waals surface area contributed by atoms with Crippen molar-refractivity contribution in [3.63, 3.8) is 0 Å². The molecule has 1 aromatic rings. The van der Waals surface area contributed by atoms with Crippen LogP contribution in [0, 0.1) is 0 Å². The van der Waals surface area contributed by atoms with Gasteiger partial charge in [0.2, 0.25) is 6.43 Å². The normalized spacial score (nSPS) is 12.9. The molecule has 1 heterocycles. The Morgan fingerprint density at radius 3 is 2.88 bits per heavy atom. The molecule has 4 nitrogen and oxygen atoms in total. The quantitative estimate of drug-likeness (QED) is 0.726. The van der Waals surface area contributed by atoms with Gasteiger partial charge in [0.25, 0.3) is 0 Å². The smallest absolute Gasteiger partial charge is 0.238 e. The van der Waals surface area contributed by atoms with Crippen molar-refractivity contribution in [2.45, 2.75) is 26.2 Å². The van der Waals surface area contributed by atoms with E-state index in [9.17, 15) is 8.78 Å². The van der Waals surface area contributed by atoms with Crippen LogP contribution >= 0.6 is 0 Å². The largest absolute Gasteiger partial charge is 0.259 e. The molecule has 0 unspecified atom stereocenters. The minimum Gasteiger partial charge on any atom is -0.259 e. The number of allylic oxidation sites excluding steroid dienone is 1. The first-order valence-corrected chi connectivity index (χ1v) is 4.97. The van der Waals surface area contributed by atoms with Gasteiger partial charge in [-0.3, -0.25) is 9.67 Å². The molecule has 0 atom stereocenters. The number of aryl methyl sites for hydroxylation is 1. The van der Waals surface area contributed by atoms with Gasteiger partial charge in [-0.1, -0.05) is 11.3 Å². The summed E-state index contributed by atoms with van der Waals surface area (Å²) in [5.74, 6) is 0. The van der Waals surface area contributed by atoms with E-state index in [-0.39, 0.29) is 12.8 Å². The van der Waals surface area contributed by atoms with Crippen LogP contribution in [0.3, 0.4) is 0 Å². The lowest BCUT2D eigenvalue weighted by Gasteiger charge is -1.97. The fourth-order valence-electron chi connectivity index (χ4n) is 1.17. The molecule has 0 aliphatic rings. The van der Waals surface area contributed by atoms with Crippen molar-refractivity contribution in [3.05, 3.63) is 18.0 Å². The fourth-order valence-corrected chi connectivity index (χ4v) is 1.17. The van der Waals surface area contributed by atoms with Gasteiger partial charge in [0.1, 0.15) is 5.69 Å². The summed E-state index contributed by atoms with van der Waals surface area (Å²) in [7, 11) is 1.74. The van der Waals surface area contributed by atoms with Gasteiger partial charge in [-0.25, -0.2) is 8.78 Å². The van der Waals surface area contributed by atoms with Crippen LogP contribution in [0.2, 0.25) is 0 Å². The number of hydrogen-bond acceptors (Lipinski definition) is 3. The molecule has 0 saturated carbocycles. The monoisotopic (exact) mass is 228 g/mol. The van der Waals surface area contributed by atoms with Crippen molar-refractivity contribution in [3.8, 4) is 0 Å². The third kappa shape index (κ3) is 3.88. The maximum absolute atomic E-state index is 12.0. The van der Waals surface area contributed by atoms with Crippen LogP contribution in [-0.2, 0) is 7.05 Å². The highest BCUT2D eigenvalue weighted by Gasteiger charge is 2.05. The van der Waals surface area contributed by atoms with Crippen LogP contribution < -0.4 is 0 Å². The van der Waals surface area contributed by atoms with Crippen molar-refractivity contribution in [1.29, 1.82) is 0 Å². The Labute approximate surface area is 92.7 Å². The average Bonchev–Trinajstić information content (AvgIpc) is 2.63. The Balaban J connectivity index is 2.74. The fraction of sp³-hybridized carbons (Fsp3) is 0.500. The first kappa shape index (κ1) is 12.5. The molecule has 0 spiro atoms. The highest BCUT2D eigenvalue weighted by Crippen LogP contribution is 2.14. The molecule has 1 rings (SSSR count). The minimum atomic E-state index is -2.29. The molecule has 0 aliphatic heterocycles. The molecule has 0 saturated heterocycles. The van der Waals surface area contributed by atoms with Crippen molar-refractivity contribution < 1.29 is 8.78 Å². The molecular formula is C10H14F2N4. The lowest BCUT2D eigenvalue weighted by Crippen LogP contribution is -1.89. The number of aliphatic imine (C=N–C) groups is 1. The van der Waals surface area contributed by atoms with Gasteiger partial charge in [0, 0.05) is 19.7 Å². The molecule has 0 amide bonds. The van der Waals surface area contributed by atoms with E-state index in [1.54, 1.807) is 37.1 Å². The van der Waals surface area contributed by atoms with Crippen molar-refractivity contribution in [1.82, 2.24) is 15.0 Å². The summed E-state index contributed by atoms with van der Waals surface area (Å²) in [5.41, 5.74) is 1.17. The Morgan fingerprint density at radius 1 is 1.62 bits per heavy atom. The maximum atomic E-state index is 12.0. The van der Waals surface area contributed by atoms with Crippen LogP contribution in [0.1, 0.15) is 25.5 Å². The predicted octanol–water partition coefficient (Wildman–Crippen LogP) is 2.29. The molecule has 0 radical (unpaired) electrons. The standard InChI is InChI=1S/C10H14F2N4/c1-3-13-8(5-4-6-10(11)12)9-7-16(2)15-14-9/h3,5,7,10H,4,6H2,1-2H3/b8-5-,13-3-. The van der Waals surface area contributed by atoms with E-state index in [2.05, 4.69) is 15.3 Å². The van der Waals surface area contributed by atoms with E-state index in [1.807, 2.05) is 0 Å². The van der Waals surface area contributed by atoms with Gasteiger partial charge in [-0.2, -0.15) is 0 Å².